The Morgan fingerprint density at radius 2 is 2.06 bits per heavy atom. The Bertz CT molecular complexity index is 671. The zero-order chi connectivity index (χ0) is 12.0. The number of methoxy groups -OCH3 is 1. The predicted molar refractivity (Wildman–Crippen MR) is 71.0 cm³/mol. The minimum absolute atomic E-state index is 0.0579. The average molecular weight is 289 g/mol. The van der Waals surface area contributed by atoms with E-state index < -0.39 is 0 Å². The van der Waals surface area contributed by atoms with Crippen molar-refractivity contribution < 1.29 is 9.53 Å². The van der Waals surface area contributed by atoms with Crippen molar-refractivity contribution in [2.45, 2.75) is 0 Å². The molecule has 1 aliphatic rings. The fourth-order valence-corrected chi connectivity index (χ4v) is 2.69. The lowest BCUT2D eigenvalue weighted by molar-refractivity contribution is 0.0957. The summed E-state index contributed by atoms with van der Waals surface area (Å²) in [6.45, 7) is 0. The fraction of sp³-hybridized carbons (Fsp3) is 0.0714. The first kappa shape index (κ1) is 10.5. The van der Waals surface area contributed by atoms with Crippen molar-refractivity contribution in [1.29, 1.82) is 0 Å². The molecule has 2 nitrogen and oxygen atoms in total. The summed E-state index contributed by atoms with van der Waals surface area (Å²) in [4.78, 5) is 12.2. The standard InChI is InChI=1S/C14H9BrO2/c1-17-12-6-9-4-2-3-8-5-10(15)7-11(13(8)9)14(12)16/h2-7H,1H3. The monoisotopic (exact) mass is 288 g/mol. The minimum Gasteiger partial charge on any atom is -0.493 e. The van der Waals surface area contributed by atoms with Gasteiger partial charge in [0.25, 0.3) is 0 Å². The van der Waals surface area contributed by atoms with Crippen molar-refractivity contribution in [3.8, 4) is 0 Å². The van der Waals surface area contributed by atoms with E-state index >= 15 is 0 Å². The number of ether oxygens (including phenoxy) is 1. The van der Waals surface area contributed by atoms with E-state index in [1.807, 2.05) is 30.3 Å². The van der Waals surface area contributed by atoms with Crippen molar-refractivity contribution in [1.82, 2.24) is 0 Å². The highest BCUT2D eigenvalue weighted by Crippen LogP contribution is 2.33. The number of allylic oxidation sites excluding steroid dienone is 1. The molecule has 0 bridgehead atoms. The van der Waals surface area contributed by atoms with E-state index in [2.05, 4.69) is 15.9 Å². The SMILES string of the molecule is COC1=Cc2cccc3cc(Br)cc(c23)C1=O. The molecule has 84 valence electrons. The summed E-state index contributed by atoms with van der Waals surface area (Å²) in [7, 11) is 1.52. The van der Waals surface area contributed by atoms with Crippen molar-refractivity contribution in [3.05, 3.63) is 51.7 Å². The van der Waals surface area contributed by atoms with E-state index in [9.17, 15) is 4.79 Å². The molecule has 0 amide bonds. The van der Waals surface area contributed by atoms with Gasteiger partial charge < -0.3 is 4.74 Å². The lowest BCUT2D eigenvalue weighted by Crippen LogP contribution is -2.10. The van der Waals surface area contributed by atoms with Crippen LogP contribution in [-0.4, -0.2) is 12.9 Å². The van der Waals surface area contributed by atoms with Crippen LogP contribution in [0.15, 0.2) is 40.6 Å². The lowest BCUT2D eigenvalue weighted by Gasteiger charge is -2.16. The van der Waals surface area contributed by atoms with Gasteiger partial charge in [0.15, 0.2) is 5.76 Å². The van der Waals surface area contributed by atoms with Gasteiger partial charge in [-0.3, -0.25) is 4.79 Å². The van der Waals surface area contributed by atoms with E-state index in [4.69, 9.17) is 4.74 Å². The highest BCUT2D eigenvalue weighted by Gasteiger charge is 2.22. The first-order chi connectivity index (χ1) is 8.20. The maximum atomic E-state index is 12.2. The molecule has 3 heteroatoms. The van der Waals surface area contributed by atoms with Gasteiger partial charge in [0.2, 0.25) is 5.78 Å². The minimum atomic E-state index is -0.0579. The summed E-state index contributed by atoms with van der Waals surface area (Å²) >= 11 is 3.43. The van der Waals surface area contributed by atoms with Gasteiger partial charge in [-0.1, -0.05) is 34.1 Å². The van der Waals surface area contributed by atoms with Gasteiger partial charge in [-0.2, -0.15) is 0 Å². The van der Waals surface area contributed by atoms with Gasteiger partial charge in [-0.25, -0.2) is 0 Å². The first-order valence-electron chi connectivity index (χ1n) is 5.23. The Balaban J connectivity index is 2.46. The largest absolute Gasteiger partial charge is 0.493 e. The molecule has 0 saturated heterocycles. The van der Waals surface area contributed by atoms with Crippen LogP contribution in [0, 0.1) is 0 Å². The third-order valence-electron chi connectivity index (χ3n) is 2.95. The predicted octanol–water partition coefficient (Wildman–Crippen LogP) is 3.79. The van der Waals surface area contributed by atoms with Gasteiger partial charge >= 0.3 is 0 Å². The Labute approximate surface area is 107 Å². The molecule has 2 aromatic rings. The molecule has 1 aliphatic carbocycles. The molecule has 0 radical (unpaired) electrons. The summed E-state index contributed by atoms with van der Waals surface area (Å²) in [5, 5.41) is 2.06. The summed E-state index contributed by atoms with van der Waals surface area (Å²) in [6.07, 6.45) is 1.80. The maximum Gasteiger partial charge on any atom is 0.228 e. The number of ketones is 1. The van der Waals surface area contributed by atoms with Crippen molar-refractivity contribution in [2.75, 3.05) is 7.11 Å². The molecule has 0 N–H and O–H groups in total. The van der Waals surface area contributed by atoms with E-state index in [0.717, 1.165) is 20.8 Å². The highest BCUT2D eigenvalue weighted by molar-refractivity contribution is 9.10. The number of rotatable bonds is 1. The van der Waals surface area contributed by atoms with Gasteiger partial charge in [-0.15, -0.1) is 0 Å². The Hall–Kier alpha value is -1.61. The molecule has 0 aliphatic heterocycles. The van der Waals surface area contributed by atoms with Crippen LogP contribution in [0.25, 0.3) is 16.8 Å². The van der Waals surface area contributed by atoms with Crippen molar-refractivity contribution >= 4 is 38.6 Å². The summed E-state index contributed by atoms with van der Waals surface area (Å²) in [5.41, 5.74) is 1.73. The van der Waals surface area contributed by atoms with E-state index in [-0.39, 0.29) is 5.78 Å². The van der Waals surface area contributed by atoms with Crippen LogP contribution in [0.5, 0.6) is 0 Å². The smallest absolute Gasteiger partial charge is 0.228 e. The Morgan fingerprint density at radius 1 is 1.24 bits per heavy atom. The average Bonchev–Trinajstić information content (AvgIpc) is 2.33. The van der Waals surface area contributed by atoms with Crippen molar-refractivity contribution in [3.63, 3.8) is 0 Å². The second kappa shape index (κ2) is 3.70. The Morgan fingerprint density at radius 3 is 2.82 bits per heavy atom. The zero-order valence-electron chi connectivity index (χ0n) is 9.16. The molecular weight excluding hydrogens is 280 g/mol. The topological polar surface area (TPSA) is 26.3 Å². The number of halogens is 1. The van der Waals surface area contributed by atoms with Crippen LogP contribution in [0.1, 0.15) is 15.9 Å². The Kier molecular flexibility index (Phi) is 2.30. The van der Waals surface area contributed by atoms with Crippen LogP contribution < -0.4 is 0 Å². The number of benzene rings is 2. The van der Waals surface area contributed by atoms with Gasteiger partial charge in [0.05, 0.1) is 7.11 Å². The number of hydrogen-bond donors (Lipinski definition) is 0. The fourth-order valence-electron chi connectivity index (χ4n) is 2.21. The van der Waals surface area contributed by atoms with E-state index in [1.54, 1.807) is 6.08 Å². The quantitative estimate of drug-likeness (QED) is 0.798. The van der Waals surface area contributed by atoms with Crippen LogP contribution in [0.2, 0.25) is 0 Å². The lowest BCUT2D eigenvalue weighted by atomic mass is 9.91. The normalized spacial score (nSPS) is 13.8. The van der Waals surface area contributed by atoms with E-state index in [1.165, 1.54) is 7.11 Å². The number of carbonyl (C=O) groups is 1. The summed E-state index contributed by atoms with van der Waals surface area (Å²) < 4.78 is 6.03. The molecule has 0 aromatic heterocycles. The van der Waals surface area contributed by atoms with Crippen LogP contribution in [0.3, 0.4) is 0 Å². The maximum absolute atomic E-state index is 12.2. The molecule has 2 aromatic carbocycles. The molecule has 0 spiro atoms. The zero-order valence-corrected chi connectivity index (χ0v) is 10.7. The summed E-state index contributed by atoms with van der Waals surface area (Å²) in [5.74, 6) is 0.334. The van der Waals surface area contributed by atoms with Gasteiger partial charge in [0.1, 0.15) is 0 Å². The highest BCUT2D eigenvalue weighted by atomic mass is 79.9. The number of carbonyl (C=O) groups excluding carboxylic acids is 1. The summed E-state index contributed by atoms with van der Waals surface area (Å²) in [6, 6.07) is 9.84. The molecular formula is C14H9BrO2. The molecule has 17 heavy (non-hydrogen) atoms. The van der Waals surface area contributed by atoms with Crippen LogP contribution in [-0.2, 0) is 4.74 Å². The third-order valence-corrected chi connectivity index (χ3v) is 3.41. The first-order valence-corrected chi connectivity index (χ1v) is 6.02. The third kappa shape index (κ3) is 1.50. The number of hydrogen-bond acceptors (Lipinski definition) is 2. The van der Waals surface area contributed by atoms with Crippen LogP contribution in [0.4, 0.5) is 0 Å². The van der Waals surface area contributed by atoms with Crippen molar-refractivity contribution in [2.24, 2.45) is 0 Å². The van der Waals surface area contributed by atoms with Gasteiger partial charge in [-0.05, 0) is 29.2 Å². The van der Waals surface area contributed by atoms with Crippen LogP contribution >= 0.6 is 15.9 Å². The molecule has 0 heterocycles. The van der Waals surface area contributed by atoms with Gasteiger partial charge in [0, 0.05) is 15.4 Å². The molecule has 0 atom stereocenters. The molecule has 0 unspecified atom stereocenters. The number of Topliss-reactive ketones (excluding diaryl/α,β-unsaturated/α-hetero) is 1. The molecule has 3 rings (SSSR count). The molecule has 0 saturated carbocycles. The molecule has 0 fully saturated rings. The van der Waals surface area contributed by atoms with E-state index in [0.29, 0.717) is 11.3 Å². The second-order valence-electron chi connectivity index (χ2n) is 3.94. The second-order valence-corrected chi connectivity index (χ2v) is 4.86.